The third kappa shape index (κ3) is 2.39. The number of rotatable bonds is 1. The molecule has 2 aromatic rings. The summed E-state index contributed by atoms with van der Waals surface area (Å²) in [7, 11) is 0. The molecule has 0 unspecified atom stereocenters. The fraction of sp³-hybridized carbons (Fsp3) is 0.333. The quantitative estimate of drug-likeness (QED) is 0.795. The molecule has 0 spiro atoms. The van der Waals surface area contributed by atoms with Gasteiger partial charge in [0.05, 0.1) is 6.54 Å². The summed E-state index contributed by atoms with van der Waals surface area (Å²) in [5, 5.41) is 6.92. The number of hydrogen-bond acceptors (Lipinski definition) is 3. The van der Waals surface area contributed by atoms with Crippen LogP contribution < -0.4 is 4.90 Å². The van der Waals surface area contributed by atoms with Crippen molar-refractivity contribution >= 4 is 21.6 Å². The number of alkyl halides is 3. The molecule has 8 heteroatoms. The van der Waals surface area contributed by atoms with Crippen molar-refractivity contribution in [1.29, 1.82) is 0 Å². The van der Waals surface area contributed by atoms with Crippen LogP contribution in [-0.2, 0) is 19.3 Å². The number of aromatic nitrogens is 3. The van der Waals surface area contributed by atoms with E-state index in [-0.39, 0.29) is 6.54 Å². The van der Waals surface area contributed by atoms with Crippen molar-refractivity contribution < 1.29 is 13.2 Å². The lowest BCUT2D eigenvalue weighted by atomic mass is 10.2. The van der Waals surface area contributed by atoms with E-state index >= 15 is 0 Å². The minimum absolute atomic E-state index is 0.229. The van der Waals surface area contributed by atoms with Gasteiger partial charge in [-0.15, -0.1) is 10.2 Å². The summed E-state index contributed by atoms with van der Waals surface area (Å²) in [6.45, 7) is 1.05. The molecular formula is C12H10BrF3N4. The number of fused-ring (bicyclic) bond motifs is 1. The summed E-state index contributed by atoms with van der Waals surface area (Å²) in [6.07, 6.45) is -4.45. The van der Waals surface area contributed by atoms with Crippen molar-refractivity contribution in [3.05, 3.63) is 40.4 Å². The van der Waals surface area contributed by atoms with Gasteiger partial charge in [-0.2, -0.15) is 13.2 Å². The van der Waals surface area contributed by atoms with Crippen LogP contribution in [0.3, 0.4) is 0 Å². The molecule has 1 aliphatic heterocycles. The van der Waals surface area contributed by atoms with Gasteiger partial charge in [-0.05, 0) is 24.3 Å². The van der Waals surface area contributed by atoms with E-state index in [4.69, 9.17) is 0 Å². The van der Waals surface area contributed by atoms with Gasteiger partial charge in [0.2, 0.25) is 5.82 Å². The maximum absolute atomic E-state index is 12.7. The Morgan fingerprint density at radius 2 is 1.75 bits per heavy atom. The van der Waals surface area contributed by atoms with Crippen LogP contribution in [0.15, 0.2) is 28.7 Å². The smallest absolute Gasteiger partial charge is 0.362 e. The Bertz CT molecular complexity index is 621. The third-order valence-corrected chi connectivity index (χ3v) is 3.73. The Hall–Kier alpha value is -1.57. The predicted octanol–water partition coefficient (Wildman–Crippen LogP) is 3.08. The highest BCUT2D eigenvalue weighted by atomic mass is 79.9. The summed E-state index contributed by atoms with van der Waals surface area (Å²) in [4.78, 5) is 1.98. The summed E-state index contributed by atoms with van der Waals surface area (Å²) in [6, 6.07) is 7.63. The largest absolute Gasteiger partial charge is 0.451 e. The molecular weight excluding hydrogens is 337 g/mol. The molecule has 0 radical (unpaired) electrons. The predicted molar refractivity (Wildman–Crippen MR) is 70.2 cm³/mol. The molecule has 1 aromatic heterocycles. The first-order valence-corrected chi connectivity index (χ1v) is 6.74. The van der Waals surface area contributed by atoms with Crippen molar-refractivity contribution in [2.75, 3.05) is 11.4 Å². The van der Waals surface area contributed by atoms with Gasteiger partial charge in [0, 0.05) is 23.2 Å². The van der Waals surface area contributed by atoms with Gasteiger partial charge in [-0.1, -0.05) is 15.9 Å². The fourth-order valence-corrected chi connectivity index (χ4v) is 2.50. The van der Waals surface area contributed by atoms with Gasteiger partial charge in [-0.25, -0.2) is 0 Å². The first kappa shape index (κ1) is 13.4. The average molecular weight is 347 g/mol. The van der Waals surface area contributed by atoms with Crippen LogP contribution in [0.4, 0.5) is 18.9 Å². The molecule has 0 bridgehead atoms. The van der Waals surface area contributed by atoms with Gasteiger partial charge in [0.15, 0.2) is 5.82 Å². The topological polar surface area (TPSA) is 34.0 Å². The summed E-state index contributed by atoms with van der Waals surface area (Å²) in [5.74, 6) is -0.575. The maximum Gasteiger partial charge on any atom is 0.451 e. The van der Waals surface area contributed by atoms with E-state index in [1.165, 1.54) is 0 Å². The van der Waals surface area contributed by atoms with E-state index in [2.05, 4.69) is 26.1 Å². The second-order valence-corrected chi connectivity index (χ2v) is 5.40. The van der Waals surface area contributed by atoms with Gasteiger partial charge in [0.25, 0.3) is 0 Å². The lowest BCUT2D eigenvalue weighted by Crippen LogP contribution is -2.35. The molecule has 0 amide bonds. The summed E-state index contributed by atoms with van der Waals surface area (Å²) in [5.41, 5.74) is 0.955. The van der Waals surface area contributed by atoms with Crippen LogP contribution in [0, 0.1) is 0 Å². The first-order chi connectivity index (χ1) is 9.45. The van der Waals surface area contributed by atoms with E-state index in [0.29, 0.717) is 18.9 Å². The van der Waals surface area contributed by atoms with Crippen LogP contribution in [0.25, 0.3) is 0 Å². The van der Waals surface area contributed by atoms with Crippen LogP contribution >= 0.6 is 15.9 Å². The van der Waals surface area contributed by atoms with Gasteiger partial charge >= 0.3 is 6.18 Å². The zero-order valence-corrected chi connectivity index (χ0v) is 11.8. The first-order valence-electron chi connectivity index (χ1n) is 5.95. The lowest BCUT2D eigenvalue weighted by Gasteiger charge is -2.29. The maximum atomic E-state index is 12.7. The molecule has 0 N–H and O–H groups in total. The van der Waals surface area contributed by atoms with Gasteiger partial charge in [0.1, 0.15) is 0 Å². The van der Waals surface area contributed by atoms with Gasteiger partial charge in [-0.3, -0.25) is 0 Å². The standard InChI is InChI=1S/C12H10BrF3N4/c13-8-1-3-9(4-2-8)19-5-6-20-10(7-19)17-18-11(20)12(14,15)16/h1-4H,5-7H2. The average Bonchev–Trinajstić information content (AvgIpc) is 2.82. The molecule has 4 nitrogen and oxygen atoms in total. The van der Waals surface area contributed by atoms with Crippen molar-refractivity contribution in [1.82, 2.24) is 14.8 Å². The molecule has 106 valence electrons. The molecule has 1 aliphatic rings. The van der Waals surface area contributed by atoms with Crippen LogP contribution in [0.2, 0.25) is 0 Å². The zero-order valence-electron chi connectivity index (χ0n) is 10.2. The summed E-state index contributed by atoms with van der Waals surface area (Å²) >= 11 is 3.35. The van der Waals surface area contributed by atoms with Crippen molar-refractivity contribution in [2.24, 2.45) is 0 Å². The van der Waals surface area contributed by atoms with Crippen molar-refractivity contribution in [3.63, 3.8) is 0 Å². The molecule has 0 saturated carbocycles. The van der Waals surface area contributed by atoms with Crippen LogP contribution in [0.1, 0.15) is 11.6 Å². The van der Waals surface area contributed by atoms with E-state index < -0.39 is 12.0 Å². The minimum atomic E-state index is -4.45. The van der Waals surface area contributed by atoms with E-state index in [0.717, 1.165) is 14.7 Å². The minimum Gasteiger partial charge on any atom is -0.362 e. The van der Waals surface area contributed by atoms with Crippen LogP contribution in [0.5, 0.6) is 0 Å². The van der Waals surface area contributed by atoms with Crippen molar-refractivity contribution in [3.8, 4) is 0 Å². The third-order valence-electron chi connectivity index (χ3n) is 3.20. The molecule has 0 saturated heterocycles. The second kappa shape index (κ2) is 4.76. The summed E-state index contributed by atoms with van der Waals surface area (Å²) < 4.78 is 40.3. The number of anilines is 1. The van der Waals surface area contributed by atoms with E-state index in [9.17, 15) is 13.2 Å². The Kier molecular flexibility index (Phi) is 3.19. The highest BCUT2D eigenvalue weighted by Gasteiger charge is 2.39. The van der Waals surface area contributed by atoms with E-state index in [1.54, 1.807) is 0 Å². The molecule has 3 rings (SSSR count). The highest BCUT2D eigenvalue weighted by Crippen LogP contribution is 2.30. The number of halogens is 4. The molecule has 1 aromatic carbocycles. The number of nitrogens with zero attached hydrogens (tertiary/aromatic N) is 4. The monoisotopic (exact) mass is 346 g/mol. The van der Waals surface area contributed by atoms with Gasteiger partial charge < -0.3 is 9.47 Å². The normalized spacial score (nSPS) is 15.3. The van der Waals surface area contributed by atoms with E-state index in [1.807, 2.05) is 29.2 Å². The molecule has 0 aliphatic carbocycles. The number of benzene rings is 1. The Labute approximate surface area is 121 Å². The highest BCUT2D eigenvalue weighted by molar-refractivity contribution is 9.10. The SMILES string of the molecule is FC(F)(F)c1nnc2n1CCN(c1ccc(Br)cc1)C2. The lowest BCUT2D eigenvalue weighted by molar-refractivity contribution is -0.147. The zero-order chi connectivity index (χ0) is 14.3. The number of hydrogen-bond donors (Lipinski definition) is 0. The van der Waals surface area contributed by atoms with Crippen LogP contribution in [-0.4, -0.2) is 21.3 Å². The van der Waals surface area contributed by atoms with Crippen molar-refractivity contribution in [2.45, 2.75) is 19.3 Å². The molecule has 20 heavy (non-hydrogen) atoms. The Morgan fingerprint density at radius 3 is 2.40 bits per heavy atom. The Balaban J connectivity index is 1.86. The molecule has 0 atom stereocenters. The second-order valence-electron chi connectivity index (χ2n) is 4.49. The molecule has 2 heterocycles. The molecule has 0 fully saturated rings. The fourth-order valence-electron chi connectivity index (χ4n) is 2.24. The Morgan fingerprint density at radius 1 is 1.05 bits per heavy atom.